The first-order chi connectivity index (χ1) is 16.9. The first-order valence-electron chi connectivity index (χ1n) is 10.8. The van der Waals surface area contributed by atoms with Gasteiger partial charge in [0.1, 0.15) is 5.82 Å². The number of urea groups is 1. The van der Waals surface area contributed by atoms with E-state index in [0.29, 0.717) is 22.6 Å². The van der Waals surface area contributed by atoms with Gasteiger partial charge in [0.2, 0.25) is 0 Å². The fourth-order valence-corrected chi connectivity index (χ4v) is 3.75. The van der Waals surface area contributed by atoms with Gasteiger partial charge in [-0.2, -0.15) is 0 Å². The summed E-state index contributed by atoms with van der Waals surface area (Å²) in [6, 6.07) is 17.9. The molecule has 5 N–H and O–H groups in total. The molecule has 35 heavy (non-hydrogen) atoms. The molecule has 1 aliphatic heterocycles. The van der Waals surface area contributed by atoms with Gasteiger partial charge in [-0.3, -0.25) is 4.79 Å². The molecule has 3 aromatic carbocycles. The van der Waals surface area contributed by atoms with Crippen LogP contribution in [0.3, 0.4) is 0 Å². The normalized spacial score (nSPS) is 13.3. The summed E-state index contributed by atoms with van der Waals surface area (Å²) in [6.45, 7) is 1.87. The Kier molecular flexibility index (Phi) is 5.72. The summed E-state index contributed by atoms with van der Waals surface area (Å²) >= 11 is 0. The second-order valence-electron chi connectivity index (χ2n) is 7.97. The number of amides is 3. The zero-order valence-electron chi connectivity index (χ0n) is 18.6. The van der Waals surface area contributed by atoms with Crippen LogP contribution in [0.5, 0.6) is 0 Å². The molecule has 0 spiro atoms. The standard InChI is InChI=1S/C26H21FN6O2/c1-15-23(29-14-28-15)13-22-21-10-9-20(12-24(21)33-25(22)34)30-18-3-2-4-19(11-18)32-26(35)31-17-7-5-16(27)6-8-17/h2-14,30H,1H3,(H,28,29)(H,33,34)(H2,31,32,35). The van der Waals surface area contributed by atoms with Crippen LogP contribution < -0.4 is 21.3 Å². The van der Waals surface area contributed by atoms with E-state index in [1.807, 2.05) is 31.2 Å². The number of fused-ring (bicyclic) bond motifs is 1. The average molecular weight is 468 g/mol. The van der Waals surface area contributed by atoms with Gasteiger partial charge in [0, 0.05) is 28.3 Å². The number of rotatable bonds is 5. The van der Waals surface area contributed by atoms with Gasteiger partial charge in [0.15, 0.2) is 0 Å². The molecule has 5 rings (SSSR count). The predicted molar refractivity (Wildman–Crippen MR) is 135 cm³/mol. The van der Waals surface area contributed by atoms with Crippen LogP contribution in [0.1, 0.15) is 17.0 Å². The molecule has 0 aliphatic carbocycles. The molecule has 174 valence electrons. The maximum atomic E-state index is 13.0. The fourth-order valence-electron chi connectivity index (χ4n) is 3.75. The Morgan fingerprint density at radius 1 is 0.943 bits per heavy atom. The Morgan fingerprint density at radius 2 is 1.66 bits per heavy atom. The van der Waals surface area contributed by atoms with E-state index < -0.39 is 6.03 Å². The summed E-state index contributed by atoms with van der Waals surface area (Å²) in [4.78, 5) is 32.0. The van der Waals surface area contributed by atoms with Gasteiger partial charge in [-0.15, -0.1) is 0 Å². The number of aromatic amines is 1. The van der Waals surface area contributed by atoms with E-state index in [1.165, 1.54) is 24.3 Å². The van der Waals surface area contributed by atoms with Crippen molar-refractivity contribution in [1.82, 2.24) is 9.97 Å². The van der Waals surface area contributed by atoms with Gasteiger partial charge in [0.05, 0.1) is 29.0 Å². The van der Waals surface area contributed by atoms with Crippen molar-refractivity contribution in [1.29, 1.82) is 0 Å². The number of carbonyl (C=O) groups is 2. The van der Waals surface area contributed by atoms with E-state index in [2.05, 4.69) is 31.2 Å². The second-order valence-corrected chi connectivity index (χ2v) is 7.97. The van der Waals surface area contributed by atoms with E-state index in [1.54, 1.807) is 30.6 Å². The number of anilines is 5. The van der Waals surface area contributed by atoms with Crippen LogP contribution in [-0.4, -0.2) is 21.9 Å². The zero-order chi connectivity index (χ0) is 24.4. The van der Waals surface area contributed by atoms with Crippen molar-refractivity contribution in [3.8, 4) is 0 Å². The van der Waals surface area contributed by atoms with Gasteiger partial charge in [-0.25, -0.2) is 14.2 Å². The van der Waals surface area contributed by atoms with Crippen molar-refractivity contribution in [3.63, 3.8) is 0 Å². The maximum absolute atomic E-state index is 13.0. The van der Waals surface area contributed by atoms with E-state index in [0.717, 1.165) is 28.3 Å². The average Bonchev–Trinajstić information content (AvgIpc) is 3.37. The van der Waals surface area contributed by atoms with Crippen molar-refractivity contribution < 1.29 is 14.0 Å². The van der Waals surface area contributed by atoms with Crippen molar-refractivity contribution in [2.45, 2.75) is 6.92 Å². The number of halogens is 1. The summed E-state index contributed by atoms with van der Waals surface area (Å²) in [5, 5.41) is 11.6. The summed E-state index contributed by atoms with van der Waals surface area (Å²) in [7, 11) is 0. The Morgan fingerprint density at radius 3 is 2.43 bits per heavy atom. The Hall–Kier alpha value is -4.92. The van der Waals surface area contributed by atoms with Crippen LogP contribution >= 0.6 is 0 Å². The molecule has 8 nitrogen and oxygen atoms in total. The highest BCUT2D eigenvalue weighted by Crippen LogP contribution is 2.36. The summed E-state index contributed by atoms with van der Waals surface area (Å²) in [6.07, 6.45) is 3.39. The van der Waals surface area contributed by atoms with Gasteiger partial charge >= 0.3 is 6.03 Å². The highest BCUT2D eigenvalue weighted by atomic mass is 19.1. The molecule has 3 amide bonds. The van der Waals surface area contributed by atoms with Gasteiger partial charge in [-0.05, 0) is 67.6 Å². The zero-order valence-corrected chi connectivity index (χ0v) is 18.6. The van der Waals surface area contributed by atoms with Crippen LogP contribution in [0.15, 0.2) is 73.1 Å². The third kappa shape index (κ3) is 4.88. The Bertz CT molecular complexity index is 1460. The lowest BCUT2D eigenvalue weighted by Gasteiger charge is -2.11. The molecule has 0 saturated heterocycles. The third-order valence-corrected chi connectivity index (χ3v) is 5.47. The second kappa shape index (κ2) is 9.14. The minimum atomic E-state index is -0.444. The molecule has 0 fully saturated rings. The lowest BCUT2D eigenvalue weighted by molar-refractivity contribution is -0.110. The molecule has 0 radical (unpaired) electrons. The van der Waals surface area contributed by atoms with Crippen molar-refractivity contribution in [3.05, 3.63) is 95.8 Å². The van der Waals surface area contributed by atoms with E-state index >= 15 is 0 Å². The fraction of sp³-hybridized carbons (Fsp3) is 0.0385. The first-order valence-corrected chi connectivity index (χ1v) is 10.8. The van der Waals surface area contributed by atoms with Gasteiger partial charge in [-0.1, -0.05) is 12.1 Å². The van der Waals surface area contributed by atoms with Crippen LogP contribution in [0.4, 0.5) is 37.6 Å². The van der Waals surface area contributed by atoms with Crippen LogP contribution in [0.25, 0.3) is 11.6 Å². The van der Waals surface area contributed by atoms with Gasteiger partial charge < -0.3 is 26.3 Å². The number of benzene rings is 3. The lowest BCUT2D eigenvalue weighted by atomic mass is 10.0. The van der Waals surface area contributed by atoms with E-state index in [4.69, 9.17) is 0 Å². The number of nitrogens with zero attached hydrogens (tertiary/aromatic N) is 1. The number of hydrogen-bond acceptors (Lipinski definition) is 4. The number of aryl methyl sites for hydroxylation is 1. The minimum absolute atomic E-state index is 0.176. The first kappa shape index (κ1) is 21.9. The third-order valence-electron chi connectivity index (χ3n) is 5.47. The number of hydrogen-bond donors (Lipinski definition) is 5. The van der Waals surface area contributed by atoms with Gasteiger partial charge in [0.25, 0.3) is 5.91 Å². The molecule has 0 unspecified atom stereocenters. The topological polar surface area (TPSA) is 111 Å². The molecule has 0 atom stereocenters. The Balaban J connectivity index is 1.28. The molecular weight excluding hydrogens is 447 g/mol. The molecule has 1 aliphatic rings. The summed E-state index contributed by atoms with van der Waals surface area (Å²) < 4.78 is 13.0. The van der Waals surface area contributed by atoms with Crippen molar-refractivity contribution in [2.75, 3.05) is 21.3 Å². The quantitative estimate of drug-likeness (QED) is 0.241. The monoisotopic (exact) mass is 468 g/mol. The highest BCUT2D eigenvalue weighted by molar-refractivity contribution is 6.35. The summed E-state index contributed by atoms with van der Waals surface area (Å²) in [5.74, 6) is -0.550. The SMILES string of the molecule is Cc1nc[nH]c1C=C1C(=O)Nc2cc(Nc3cccc(NC(=O)Nc4ccc(F)cc4)c3)ccc21. The molecule has 4 aromatic rings. The minimum Gasteiger partial charge on any atom is -0.355 e. The lowest BCUT2D eigenvalue weighted by Crippen LogP contribution is -2.19. The van der Waals surface area contributed by atoms with Crippen LogP contribution in [-0.2, 0) is 4.79 Å². The largest absolute Gasteiger partial charge is 0.355 e. The van der Waals surface area contributed by atoms with E-state index in [9.17, 15) is 14.0 Å². The predicted octanol–water partition coefficient (Wildman–Crippen LogP) is 5.74. The molecule has 1 aromatic heterocycles. The number of nitrogens with one attached hydrogen (secondary N) is 5. The van der Waals surface area contributed by atoms with Crippen LogP contribution in [0, 0.1) is 12.7 Å². The molecule has 2 heterocycles. The Labute approximate surface area is 200 Å². The summed E-state index contributed by atoms with van der Waals surface area (Å²) in [5.41, 5.74) is 6.26. The van der Waals surface area contributed by atoms with E-state index in [-0.39, 0.29) is 11.7 Å². The smallest absolute Gasteiger partial charge is 0.323 e. The molecule has 9 heteroatoms. The van der Waals surface area contributed by atoms with Crippen molar-refractivity contribution >= 4 is 52.0 Å². The van der Waals surface area contributed by atoms with Crippen molar-refractivity contribution in [2.24, 2.45) is 0 Å². The maximum Gasteiger partial charge on any atom is 0.323 e. The highest BCUT2D eigenvalue weighted by Gasteiger charge is 2.24. The molecular formula is C26H21FN6O2. The number of H-pyrrole nitrogens is 1. The number of imidazole rings is 1. The van der Waals surface area contributed by atoms with Crippen LogP contribution in [0.2, 0.25) is 0 Å². The number of carbonyl (C=O) groups excluding carboxylic acids is 2. The molecule has 0 saturated carbocycles. The number of aromatic nitrogens is 2. The molecule has 0 bridgehead atoms.